The van der Waals surface area contributed by atoms with Crippen LogP contribution in [0, 0.1) is 5.82 Å². The molecule has 1 atom stereocenters. The van der Waals surface area contributed by atoms with Crippen LogP contribution in [0.5, 0.6) is 0 Å². The van der Waals surface area contributed by atoms with Crippen molar-refractivity contribution in [3.63, 3.8) is 0 Å². The first-order valence-corrected chi connectivity index (χ1v) is 6.95. The lowest BCUT2D eigenvalue weighted by Gasteiger charge is -2.35. The maximum atomic E-state index is 13.1. The highest BCUT2D eigenvalue weighted by Gasteiger charge is 2.33. The standard InChI is InChI=1S/C16H22FN3/c1-5-20-14(10-11-19-20)15(18-4)16(2,3)12-6-8-13(17)9-7-12/h6-11,15,18H,5H2,1-4H3. The summed E-state index contributed by atoms with van der Waals surface area (Å²) in [6.07, 6.45) is 1.82. The van der Waals surface area contributed by atoms with Crippen molar-refractivity contribution in [2.75, 3.05) is 7.05 Å². The van der Waals surface area contributed by atoms with Crippen LogP contribution in [0.15, 0.2) is 36.5 Å². The van der Waals surface area contributed by atoms with Crippen LogP contribution in [-0.4, -0.2) is 16.8 Å². The number of likely N-dealkylation sites (N-methyl/N-ethyl adjacent to an activating group) is 1. The second kappa shape index (κ2) is 5.75. The van der Waals surface area contributed by atoms with Gasteiger partial charge in [-0.05, 0) is 37.7 Å². The molecule has 0 radical (unpaired) electrons. The number of nitrogens with zero attached hydrogens (tertiary/aromatic N) is 2. The molecule has 0 aliphatic carbocycles. The highest BCUT2D eigenvalue weighted by atomic mass is 19.1. The van der Waals surface area contributed by atoms with Crippen LogP contribution < -0.4 is 5.32 Å². The highest BCUT2D eigenvalue weighted by molar-refractivity contribution is 5.29. The van der Waals surface area contributed by atoms with Crippen molar-refractivity contribution in [1.29, 1.82) is 0 Å². The molecule has 1 aromatic heterocycles. The summed E-state index contributed by atoms with van der Waals surface area (Å²) in [5.74, 6) is -0.204. The molecule has 0 fully saturated rings. The van der Waals surface area contributed by atoms with E-state index in [0.29, 0.717) is 0 Å². The lowest BCUT2D eigenvalue weighted by Crippen LogP contribution is -2.37. The molecule has 1 aromatic carbocycles. The van der Waals surface area contributed by atoms with E-state index in [4.69, 9.17) is 0 Å². The number of benzene rings is 1. The van der Waals surface area contributed by atoms with Gasteiger partial charge >= 0.3 is 0 Å². The molecule has 0 aliphatic heterocycles. The zero-order valence-electron chi connectivity index (χ0n) is 12.5. The lowest BCUT2D eigenvalue weighted by atomic mass is 9.76. The van der Waals surface area contributed by atoms with Gasteiger partial charge in [-0.15, -0.1) is 0 Å². The van der Waals surface area contributed by atoms with Gasteiger partial charge in [0.05, 0.1) is 11.7 Å². The first-order valence-electron chi connectivity index (χ1n) is 6.95. The number of hydrogen-bond donors (Lipinski definition) is 1. The van der Waals surface area contributed by atoms with Crippen LogP contribution in [0.4, 0.5) is 4.39 Å². The van der Waals surface area contributed by atoms with E-state index in [9.17, 15) is 4.39 Å². The zero-order valence-corrected chi connectivity index (χ0v) is 12.5. The van der Waals surface area contributed by atoms with E-state index in [1.807, 2.05) is 36.1 Å². The maximum Gasteiger partial charge on any atom is 0.123 e. The number of aryl methyl sites for hydroxylation is 1. The van der Waals surface area contributed by atoms with Crippen molar-refractivity contribution in [2.45, 2.75) is 38.8 Å². The van der Waals surface area contributed by atoms with E-state index in [2.05, 4.69) is 31.2 Å². The molecular formula is C16H22FN3. The fourth-order valence-corrected chi connectivity index (χ4v) is 2.78. The second-order valence-electron chi connectivity index (χ2n) is 5.52. The Morgan fingerprint density at radius 3 is 2.45 bits per heavy atom. The third kappa shape index (κ3) is 2.61. The molecule has 3 nitrogen and oxygen atoms in total. The van der Waals surface area contributed by atoms with Gasteiger partial charge in [-0.1, -0.05) is 26.0 Å². The predicted octanol–water partition coefficient (Wildman–Crippen LogP) is 3.28. The second-order valence-corrected chi connectivity index (χ2v) is 5.52. The number of halogens is 1. The van der Waals surface area contributed by atoms with Gasteiger partial charge in [-0.25, -0.2) is 4.39 Å². The molecule has 108 valence electrons. The summed E-state index contributed by atoms with van der Waals surface area (Å²) >= 11 is 0. The average Bonchev–Trinajstić information content (AvgIpc) is 2.88. The molecule has 20 heavy (non-hydrogen) atoms. The van der Waals surface area contributed by atoms with Crippen molar-refractivity contribution in [3.05, 3.63) is 53.6 Å². The third-order valence-electron chi connectivity index (χ3n) is 3.94. The Morgan fingerprint density at radius 2 is 1.90 bits per heavy atom. The van der Waals surface area contributed by atoms with Crippen molar-refractivity contribution in [1.82, 2.24) is 15.1 Å². The molecule has 2 rings (SSSR count). The van der Waals surface area contributed by atoms with Crippen LogP contribution >= 0.6 is 0 Å². The van der Waals surface area contributed by atoms with Gasteiger partial charge in [0.1, 0.15) is 5.82 Å². The minimum absolute atomic E-state index is 0.107. The minimum atomic E-state index is -0.204. The Balaban J connectivity index is 2.41. The van der Waals surface area contributed by atoms with E-state index in [1.54, 1.807) is 0 Å². The van der Waals surface area contributed by atoms with E-state index >= 15 is 0 Å². The molecule has 0 spiro atoms. The number of hydrogen-bond acceptors (Lipinski definition) is 2. The van der Waals surface area contributed by atoms with E-state index in [1.165, 1.54) is 12.1 Å². The largest absolute Gasteiger partial charge is 0.311 e. The Kier molecular flexibility index (Phi) is 4.23. The first kappa shape index (κ1) is 14.7. The van der Waals surface area contributed by atoms with Crippen molar-refractivity contribution in [3.8, 4) is 0 Å². The van der Waals surface area contributed by atoms with Gasteiger partial charge < -0.3 is 5.32 Å². The molecule has 0 bridgehead atoms. The summed E-state index contributed by atoms with van der Waals surface area (Å²) in [5, 5.41) is 7.72. The summed E-state index contributed by atoms with van der Waals surface area (Å²) in [4.78, 5) is 0. The smallest absolute Gasteiger partial charge is 0.123 e. The highest BCUT2D eigenvalue weighted by Crippen LogP contribution is 2.36. The maximum absolute atomic E-state index is 13.1. The molecule has 0 saturated carbocycles. The Hall–Kier alpha value is -1.68. The predicted molar refractivity (Wildman–Crippen MR) is 79.1 cm³/mol. The normalized spacial score (nSPS) is 13.4. The molecule has 1 heterocycles. The molecule has 0 saturated heterocycles. The van der Waals surface area contributed by atoms with Gasteiger partial charge in [0.2, 0.25) is 0 Å². The molecule has 1 unspecified atom stereocenters. The van der Waals surface area contributed by atoms with Crippen LogP contribution in [-0.2, 0) is 12.0 Å². The van der Waals surface area contributed by atoms with Gasteiger partial charge in [-0.2, -0.15) is 5.10 Å². The monoisotopic (exact) mass is 275 g/mol. The Bertz CT molecular complexity index is 557. The number of nitrogens with one attached hydrogen (secondary N) is 1. The summed E-state index contributed by atoms with van der Waals surface area (Å²) in [6, 6.07) is 8.88. The molecular weight excluding hydrogens is 253 g/mol. The fourth-order valence-electron chi connectivity index (χ4n) is 2.78. The Labute approximate surface area is 119 Å². The van der Waals surface area contributed by atoms with Crippen LogP contribution in [0.1, 0.15) is 38.1 Å². The van der Waals surface area contributed by atoms with E-state index in [0.717, 1.165) is 17.8 Å². The van der Waals surface area contributed by atoms with Crippen molar-refractivity contribution in [2.24, 2.45) is 0 Å². The van der Waals surface area contributed by atoms with Crippen LogP contribution in [0.2, 0.25) is 0 Å². The molecule has 4 heteroatoms. The van der Waals surface area contributed by atoms with Crippen LogP contribution in [0.3, 0.4) is 0 Å². The minimum Gasteiger partial charge on any atom is -0.311 e. The Morgan fingerprint density at radius 1 is 1.25 bits per heavy atom. The fraction of sp³-hybridized carbons (Fsp3) is 0.438. The van der Waals surface area contributed by atoms with E-state index in [-0.39, 0.29) is 17.3 Å². The van der Waals surface area contributed by atoms with Crippen LogP contribution in [0.25, 0.3) is 0 Å². The number of rotatable bonds is 5. The topological polar surface area (TPSA) is 29.9 Å². The zero-order chi connectivity index (χ0) is 14.8. The van der Waals surface area contributed by atoms with Gasteiger partial charge in [0, 0.05) is 18.2 Å². The molecule has 1 N–H and O–H groups in total. The van der Waals surface area contributed by atoms with E-state index < -0.39 is 0 Å². The summed E-state index contributed by atoms with van der Waals surface area (Å²) < 4.78 is 15.1. The lowest BCUT2D eigenvalue weighted by molar-refractivity contribution is 0.346. The molecule has 0 aliphatic rings. The summed E-state index contributed by atoms with van der Waals surface area (Å²) in [6.45, 7) is 7.23. The number of aromatic nitrogens is 2. The van der Waals surface area contributed by atoms with Crippen molar-refractivity contribution >= 4 is 0 Å². The third-order valence-corrected chi connectivity index (χ3v) is 3.94. The SMILES string of the molecule is CCn1nccc1C(NC)C(C)(C)c1ccc(F)cc1. The van der Waals surface area contributed by atoms with Gasteiger partial charge in [0.15, 0.2) is 0 Å². The van der Waals surface area contributed by atoms with Crippen molar-refractivity contribution < 1.29 is 4.39 Å². The summed E-state index contributed by atoms with van der Waals surface area (Å²) in [5.41, 5.74) is 2.07. The quantitative estimate of drug-likeness (QED) is 0.907. The average molecular weight is 275 g/mol. The first-order chi connectivity index (χ1) is 9.50. The molecule has 2 aromatic rings. The van der Waals surface area contributed by atoms with Gasteiger partial charge in [0.25, 0.3) is 0 Å². The summed E-state index contributed by atoms with van der Waals surface area (Å²) in [7, 11) is 1.95. The van der Waals surface area contributed by atoms with Gasteiger partial charge in [-0.3, -0.25) is 4.68 Å². The molecule has 0 amide bonds.